The van der Waals surface area contributed by atoms with Crippen LogP contribution >= 0.6 is 0 Å². The number of imidazole rings is 1. The van der Waals surface area contributed by atoms with Crippen molar-refractivity contribution in [2.24, 2.45) is 0 Å². The second kappa shape index (κ2) is 9.82. The lowest BCUT2D eigenvalue weighted by molar-refractivity contribution is 0.0979. The minimum Gasteiger partial charge on any atom is -0.494 e. The van der Waals surface area contributed by atoms with Gasteiger partial charge in [0.15, 0.2) is 22.9 Å². The highest BCUT2D eigenvalue weighted by molar-refractivity contribution is 7.93. The van der Waals surface area contributed by atoms with E-state index in [4.69, 9.17) is 14.2 Å². The number of nitrogens with one attached hydrogen (secondary N) is 1. The number of hydrogen-bond acceptors (Lipinski definition) is 10. The summed E-state index contributed by atoms with van der Waals surface area (Å²) in [5.41, 5.74) is 1.48. The molecule has 0 saturated heterocycles. The number of aromatic nitrogens is 5. The zero-order valence-corrected chi connectivity index (χ0v) is 21.3. The third-order valence-electron chi connectivity index (χ3n) is 6.00. The highest BCUT2D eigenvalue weighted by Gasteiger charge is 2.38. The van der Waals surface area contributed by atoms with Crippen LogP contribution in [0.1, 0.15) is 19.8 Å². The Morgan fingerprint density at radius 3 is 2.41 bits per heavy atom. The van der Waals surface area contributed by atoms with Crippen molar-refractivity contribution >= 4 is 27.1 Å². The molecule has 3 heterocycles. The van der Waals surface area contributed by atoms with Crippen LogP contribution in [0.4, 0.5) is 5.82 Å². The summed E-state index contributed by atoms with van der Waals surface area (Å²) in [6, 6.07) is 10.6. The first-order valence-electron chi connectivity index (χ1n) is 11.6. The Labute approximate surface area is 213 Å². The summed E-state index contributed by atoms with van der Waals surface area (Å²) < 4.78 is 46.5. The number of para-hydroxylation sites is 1. The summed E-state index contributed by atoms with van der Waals surface area (Å²) in [6.07, 6.45) is 1.04. The Morgan fingerprint density at radius 1 is 1.05 bits per heavy atom. The fourth-order valence-electron chi connectivity index (χ4n) is 4.13. The number of ether oxygens (including phenoxy) is 3. The van der Waals surface area contributed by atoms with Gasteiger partial charge in [0.2, 0.25) is 15.9 Å². The van der Waals surface area contributed by atoms with Gasteiger partial charge in [0.05, 0.1) is 38.4 Å². The van der Waals surface area contributed by atoms with Gasteiger partial charge in [-0.1, -0.05) is 12.1 Å². The van der Waals surface area contributed by atoms with E-state index in [9.17, 15) is 13.5 Å². The number of fused-ring (bicyclic) bond motifs is 1. The number of anilines is 1. The highest BCUT2D eigenvalue weighted by Crippen LogP contribution is 2.38. The molecule has 0 amide bonds. The lowest BCUT2D eigenvalue weighted by Gasteiger charge is -2.30. The van der Waals surface area contributed by atoms with Crippen LogP contribution in [0, 0.1) is 0 Å². The van der Waals surface area contributed by atoms with E-state index in [0.717, 1.165) is 0 Å². The number of rotatable bonds is 9. The maximum atomic E-state index is 12.8. The lowest BCUT2D eigenvalue weighted by Crippen LogP contribution is -2.42. The molecule has 0 aliphatic heterocycles. The molecule has 3 aromatic heterocycles. The van der Waals surface area contributed by atoms with E-state index in [0.29, 0.717) is 41.2 Å². The van der Waals surface area contributed by atoms with Gasteiger partial charge in [-0.05, 0) is 38.0 Å². The third kappa shape index (κ3) is 4.62. The van der Waals surface area contributed by atoms with Crippen LogP contribution in [-0.4, -0.2) is 70.2 Å². The van der Waals surface area contributed by atoms with Gasteiger partial charge < -0.3 is 19.3 Å². The third-order valence-corrected chi connectivity index (χ3v) is 7.75. The minimum atomic E-state index is -3.76. The molecule has 0 atom stereocenters. The van der Waals surface area contributed by atoms with Crippen molar-refractivity contribution in [3.63, 3.8) is 0 Å². The Balaban J connectivity index is 1.72. The Morgan fingerprint density at radius 2 is 1.76 bits per heavy atom. The molecule has 5 rings (SSSR count). The molecule has 13 heteroatoms. The smallest absolute Gasteiger partial charge is 0.237 e. The predicted molar refractivity (Wildman–Crippen MR) is 136 cm³/mol. The van der Waals surface area contributed by atoms with Crippen molar-refractivity contribution < 1.29 is 27.7 Å². The van der Waals surface area contributed by atoms with Crippen molar-refractivity contribution in [3.8, 4) is 34.6 Å². The van der Waals surface area contributed by atoms with E-state index in [-0.39, 0.29) is 30.0 Å². The SMILES string of the molecule is CCOc1cccc(-c2nc3ncc(NS(=O)(=O)C4CC(O)C4)nc3n2-c2c(OC)cccc2OC)n1. The van der Waals surface area contributed by atoms with Gasteiger partial charge in [0.25, 0.3) is 0 Å². The summed E-state index contributed by atoms with van der Waals surface area (Å²) in [7, 11) is -0.697. The molecule has 1 fully saturated rings. The monoisotopic (exact) mass is 526 g/mol. The standard InChI is InChI=1S/C24H26N6O6S/c1-4-36-20-10-5-7-16(26-20)23-28-22-24(30(23)21-17(34-2)8-6-9-18(21)35-3)27-19(13-25-22)29-37(32,33)15-11-14(31)12-15/h5-10,13-15,31H,4,11-12H2,1-3H3,(H,27,29). The van der Waals surface area contributed by atoms with E-state index in [1.54, 1.807) is 41.0 Å². The number of sulfonamides is 1. The molecule has 4 aromatic rings. The van der Waals surface area contributed by atoms with E-state index in [1.165, 1.54) is 20.4 Å². The van der Waals surface area contributed by atoms with Gasteiger partial charge in [-0.15, -0.1) is 0 Å². The van der Waals surface area contributed by atoms with E-state index < -0.39 is 21.4 Å². The van der Waals surface area contributed by atoms with Crippen LogP contribution in [0.3, 0.4) is 0 Å². The number of aliphatic hydroxyl groups excluding tert-OH is 1. The largest absolute Gasteiger partial charge is 0.494 e. The van der Waals surface area contributed by atoms with Crippen molar-refractivity contribution in [2.75, 3.05) is 25.5 Å². The fraction of sp³-hybridized carbons (Fsp3) is 0.333. The van der Waals surface area contributed by atoms with Gasteiger partial charge in [-0.25, -0.2) is 28.4 Å². The quantitative estimate of drug-likeness (QED) is 0.333. The first kappa shape index (κ1) is 24.7. The van der Waals surface area contributed by atoms with Crippen LogP contribution in [-0.2, 0) is 10.0 Å². The topological polar surface area (TPSA) is 151 Å². The van der Waals surface area contributed by atoms with E-state index in [2.05, 4.69) is 24.7 Å². The minimum absolute atomic E-state index is 0.0199. The average molecular weight is 527 g/mol. The van der Waals surface area contributed by atoms with Crippen molar-refractivity contribution in [3.05, 3.63) is 42.6 Å². The number of methoxy groups -OCH3 is 2. The van der Waals surface area contributed by atoms with E-state index in [1.807, 2.05) is 6.92 Å². The van der Waals surface area contributed by atoms with Crippen LogP contribution in [0.5, 0.6) is 17.4 Å². The Bertz CT molecular complexity index is 1530. The first-order valence-corrected chi connectivity index (χ1v) is 13.2. The molecule has 0 radical (unpaired) electrons. The molecule has 12 nitrogen and oxygen atoms in total. The summed E-state index contributed by atoms with van der Waals surface area (Å²) in [5.74, 6) is 1.75. The van der Waals surface area contributed by atoms with Gasteiger partial charge in [0.1, 0.15) is 22.9 Å². The first-order chi connectivity index (χ1) is 17.8. The molecule has 1 saturated carbocycles. The van der Waals surface area contributed by atoms with Crippen molar-refractivity contribution in [1.29, 1.82) is 0 Å². The lowest BCUT2D eigenvalue weighted by atomic mass is 9.96. The average Bonchev–Trinajstić information content (AvgIpc) is 3.24. The molecule has 1 aliphatic rings. The normalized spacial score (nSPS) is 17.3. The second-order valence-corrected chi connectivity index (χ2v) is 10.3. The molecule has 194 valence electrons. The number of pyridine rings is 1. The number of benzene rings is 1. The molecule has 0 bridgehead atoms. The Kier molecular flexibility index (Phi) is 6.56. The van der Waals surface area contributed by atoms with Crippen molar-refractivity contribution in [1.82, 2.24) is 24.5 Å². The molecule has 0 unspecified atom stereocenters. The van der Waals surface area contributed by atoms with E-state index >= 15 is 0 Å². The van der Waals surface area contributed by atoms with Crippen LogP contribution in [0.25, 0.3) is 28.5 Å². The van der Waals surface area contributed by atoms with Crippen LogP contribution < -0.4 is 18.9 Å². The molecular formula is C24H26N6O6S. The molecule has 2 N–H and O–H groups in total. The van der Waals surface area contributed by atoms with Crippen LogP contribution in [0.2, 0.25) is 0 Å². The summed E-state index contributed by atoms with van der Waals surface area (Å²) >= 11 is 0. The van der Waals surface area contributed by atoms with Crippen molar-refractivity contribution in [2.45, 2.75) is 31.1 Å². The molecular weight excluding hydrogens is 500 g/mol. The maximum absolute atomic E-state index is 12.8. The summed E-state index contributed by atoms with van der Waals surface area (Å²) in [4.78, 5) is 18.2. The van der Waals surface area contributed by atoms with Gasteiger partial charge in [0, 0.05) is 6.07 Å². The second-order valence-electron chi connectivity index (χ2n) is 8.37. The van der Waals surface area contributed by atoms with Gasteiger partial charge in [-0.2, -0.15) is 0 Å². The van der Waals surface area contributed by atoms with Crippen LogP contribution in [0.15, 0.2) is 42.6 Å². The zero-order chi connectivity index (χ0) is 26.2. The molecule has 0 spiro atoms. The molecule has 37 heavy (non-hydrogen) atoms. The number of hydrogen-bond donors (Lipinski definition) is 2. The van der Waals surface area contributed by atoms with Gasteiger partial charge >= 0.3 is 0 Å². The maximum Gasteiger partial charge on any atom is 0.237 e. The fourth-order valence-corrected chi connectivity index (χ4v) is 5.63. The van der Waals surface area contributed by atoms with Gasteiger partial charge in [-0.3, -0.25) is 9.29 Å². The highest BCUT2D eigenvalue weighted by atomic mass is 32.2. The summed E-state index contributed by atoms with van der Waals surface area (Å²) in [6.45, 7) is 2.31. The zero-order valence-electron chi connectivity index (χ0n) is 20.5. The molecule has 1 aliphatic carbocycles. The number of aliphatic hydroxyl groups is 1. The predicted octanol–water partition coefficient (Wildman–Crippen LogP) is 2.56. The summed E-state index contributed by atoms with van der Waals surface area (Å²) in [5, 5.41) is 8.85. The Hall–Kier alpha value is -3.97. The molecule has 1 aromatic carbocycles. The number of nitrogens with zero attached hydrogens (tertiary/aromatic N) is 5.